The highest BCUT2D eigenvalue weighted by atomic mass is 32.1. The molecule has 2 nitrogen and oxygen atoms in total. The summed E-state index contributed by atoms with van der Waals surface area (Å²) in [6.07, 6.45) is 0. The van der Waals surface area contributed by atoms with Crippen LogP contribution in [0.1, 0.15) is 23.4 Å². The fraction of sp³-hybridized carbons (Fsp3) is 0.364. The van der Waals surface area contributed by atoms with Crippen molar-refractivity contribution in [1.29, 1.82) is 0 Å². The number of aliphatic hydroxyl groups is 1. The molecule has 0 spiro atoms. The summed E-state index contributed by atoms with van der Waals surface area (Å²) in [5.41, 5.74) is 2.24. The van der Waals surface area contributed by atoms with Crippen molar-refractivity contribution in [2.45, 2.75) is 19.8 Å². The average molecular weight is 207 g/mol. The van der Waals surface area contributed by atoms with Gasteiger partial charge in [-0.3, -0.25) is 0 Å². The predicted octanol–water partition coefficient (Wildman–Crippen LogP) is 2.70. The van der Waals surface area contributed by atoms with Gasteiger partial charge in [-0.15, -0.1) is 11.3 Å². The van der Waals surface area contributed by atoms with Gasteiger partial charge in [-0.05, 0) is 24.6 Å². The Bertz CT molecular complexity index is 449. The lowest BCUT2D eigenvalue weighted by Gasteiger charge is -2.06. The first-order valence-electron chi connectivity index (χ1n) is 4.68. The maximum atomic E-state index is 9.05. The lowest BCUT2D eigenvalue weighted by atomic mass is 10.0. The van der Waals surface area contributed by atoms with Crippen LogP contribution < -0.4 is 0 Å². The highest BCUT2D eigenvalue weighted by Crippen LogP contribution is 2.25. The van der Waals surface area contributed by atoms with Gasteiger partial charge in [0.15, 0.2) is 0 Å². The third-order valence-corrected chi connectivity index (χ3v) is 3.30. The van der Waals surface area contributed by atoms with E-state index in [0.717, 1.165) is 10.5 Å². The van der Waals surface area contributed by atoms with Gasteiger partial charge >= 0.3 is 0 Å². The highest BCUT2D eigenvalue weighted by Gasteiger charge is 2.06. The van der Waals surface area contributed by atoms with Crippen molar-refractivity contribution in [2.24, 2.45) is 0 Å². The Morgan fingerprint density at radius 2 is 2.29 bits per heavy atom. The normalized spacial score (nSPS) is 13.4. The van der Waals surface area contributed by atoms with E-state index in [1.165, 1.54) is 10.3 Å². The summed E-state index contributed by atoms with van der Waals surface area (Å²) in [5.74, 6) is 0.210. The van der Waals surface area contributed by atoms with Crippen molar-refractivity contribution in [1.82, 2.24) is 4.98 Å². The number of aliphatic hydroxyl groups excluding tert-OH is 1. The predicted molar refractivity (Wildman–Crippen MR) is 59.9 cm³/mol. The topological polar surface area (TPSA) is 33.1 Å². The quantitative estimate of drug-likeness (QED) is 0.821. The zero-order chi connectivity index (χ0) is 10.1. The van der Waals surface area contributed by atoms with E-state index in [1.807, 2.05) is 26.0 Å². The molecule has 1 heterocycles. The van der Waals surface area contributed by atoms with Crippen LogP contribution in [0.3, 0.4) is 0 Å². The van der Waals surface area contributed by atoms with Gasteiger partial charge in [0, 0.05) is 12.5 Å². The van der Waals surface area contributed by atoms with Gasteiger partial charge in [-0.2, -0.15) is 0 Å². The molecule has 1 aromatic heterocycles. The monoisotopic (exact) mass is 207 g/mol. The Labute approximate surface area is 87.2 Å². The lowest BCUT2D eigenvalue weighted by Crippen LogP contribution is -1.97. The second-order valence-corrected chi connectivity index (χ2v) is 4.78. The molecule has 0 aliphatic heterocycles. The zero-order valence-electron chi connectivity index (χ0n) is 8.32. The molecular weight excluding hydrogens is 194 g/mol. The summed E-state index contributed by atoms with van der Waals surface area (Å²) in [7, 11) is 0. The minimum absolute atomic E-state index is 0.198. The zero-order valence-corrected chi connectivity index (χ0v) is 9.14. The summed E-state index contributed by atoms with van der Waals surface area (Å²) in [5, 5.41) is 10.1. The van der Waals surface area contributed by atoms with Gasteiger partial charge in [-0.25, -0.2) is 4.98 Å². The molecular formula is C11H13NOS. The number of thiazole rings is 1. The molecule has 0 bridgehead atoms. The number of benzene rings is 1. The fourth-order valence-electron chi connectivity index (χ4n) is 1.47. The van der Waals surface area contributed by atoms with Crippen molar-refractivity contribution in [3.63, 3.8) is 0 Å². The maximum Gasteiger partial charge on any atom is 0.0907 e. The van der Waals surface area contributed by atoms with Gasteiger partial charge in [-0.1, -0.05) is 13.0 Å². The molecule has 2 rings (SSSR count). The van der Waals surface area contributed by atoms with Crippen LogP contribution in [-0.2, 0) is 0 Å². The SMILES string of the molecule is Cc1nc2ccc(C(C)CO)cc2s1. The summed E-state index contributed by atoms with van der Waals surface area (Å²) in [6.45, 7) is 4.23. The van der Waals surface area contributed by atoms with E-state index in [0.29, 0.717) is 0 Å². The van der Waals surface area contributed by atoms with E-state index in [1.54, 1.807) is 11.3 Å². The van der Waals surface area contributed by atoms with Crippen LogP contribution in [-0.4, -0.2) is 16.7 Å². The summed E-state index contributed by atoms with van der Waals surface area (Å²) in [4.78, 5) is 4.40. The van der Waals surface area contributed by atoms with Crippen molar-refractivity contribution in [3.8, 4) is 0 Å². The summed E-state index contributed by atoms with van der Waals surface area (Å²) >= 11 is 1.70. The van der Waals surface area contributed by atoms with Crippen molar-refractivity contribution < 1.29 is 5.11 Å². The van der Waals surface area contributed by atoms with Crippen LogP contribution in [0.2, 0.25) is 0 Å². The van der Waals surface area contributed by atoms with E-state index in [9.17, 15) is 0 Å². The van der Waals surface area contributed by atoms with Crippen LogP contribution in [0.5, 0.6) is 0 Å². The second kappa shape index (κ2) is 3.67. The first kappa shape index (κ1) is 9.62. The van der Waals surface area contributed by atoms with Gasteiger partial charge in [0.05, 0.1) is 15.2 Å². The van der Waals surface area contributed by atoms with Crippen LogP contribution in [0, 0.1) is 6.92 Å². The van der Waals surface area contributed by atoms with Crippen LogP contribution in [0.15, 0.2) is 18.2 Å². The van der Waals surface area contributed by atoms with Crippen LogP contribution >= 0.6 is 11.3 Å². The Hall–Kier alpha value is -0.930. The number of hydrogen-bond acceptors (Lipinski definition) is 3. The number of aromatic nitrogens is 1. The Balaban J connectivity index is 2.50. The number of hydrogen-bond donors (Lipinski definition) is 1. The third kappa shape index (κ3) is 1.65. The lowest BCUT2D eigenvalue weighted by molar-refractivity contribution is 0.273. The minimum Gasteiger partial charge on any atom is -0.396 e. The molecule has 0 amide bonds. The molecule has 1 N–H and O–H groups in total. The van der Waals surface area contributed by atoms with Gasteiger partial charge in [0.2, 0.25) is 0 Å². The van der Waals surface area contributed by atoms with Crippen molar-refractivity contribution in [2.75, 3.05) is 6.61 Å². The van der Waals surface area contributed by atoms with Gasteiger partial charge in [0.1, 0.15) is 0 Å². The first-order valence-corrected chi connectivity index (χ1v) is 5.50. The molecule has 0 fully saturated rings. The number of rotatable bonds is 2. The molecule has 2 aromatic rings. The van der Waals surface area contributed by atoms with Crippen LogP contribution in [0.25, 0.3) is 10.2 Å². The molecule has 0 aliphatic carbocycles. The molecule has 0 radical (unpaired) electrons. The van der Waals surface area contributed by atoms with E-state index in [4.69, 9.17) is 5.11 Å². The number of nitrogens with zero attached hydrogens (tertiary/aromatic N) is 1. The second-order valence-electron chi connectivity index (χ2n) is 3.54. The minimum atomic E-state index is 0.198. The third-order valence-electron chi connectivity index (χ3n) is 2.36. The molecule has 3 heteroatoms. The first-order chi connectivity index (χ1) is 6.70. The van der Waals surface area contributed by atoms with E-state index in [-0.39, 0.29) is 12.5 Å². The van der Waals surface area contributed by atoms with E-state index < -0.39 is 0 Å². The van der Waals surface area contributed by atoms with E-state index >= 15 is 0 Å². The molecule has 1 aromatic carbocycles. The molecule has 0 aliphatic rings. The van der Waals surface area contributed by atoms with E-state index in [2.05, 4.69) is 11.1 Å². The largest absolute Gasteiger partial charge is 0.396 e. The van der Waals surface area contributed by atoms with Crippen LogP contribution in [0.4, 0.5) is 0 Å². The highest BCUT2D eigenvalue weighted by molar-refractivity contribution is 7.18. The average Bonchev–Trinajstić information content (AvgIpc) is 2.55. The standard InChI is InChI=1S/C11H13NOS/c1-7(6-13)9-3-4-10-11(5-9)14-8(2)12-10/h3-5,7,13H,6H2,1-2H3. The molecule has 0 saturated carbocycles. The maximum absolute atomic E-state index is 9.05. The number of fused-ring (bicyclic) bond motifs is 1. The summed E-state index contributed by atoms with van der Waals surface area (Å²) < 4.78 is 1.21. The van der Waals surface area contributed by atoms with Gasteiger partial charge in [0.25, 0.3) is 0 Å². The molecule has 14 heavy (non-hydrogen) atoms. The van der Waals surface area contributed by atoms with Crippen molar-refractivity contribution >= 4 is 21.6 Å². The molecule has 0 saturated heterocycles. The molecule has 74 valence electrons. The summed E-state index contributed by atoms with van der Waals surface area (Å²) in [6, 6.07) is 6.20. The molecule has 1 atom stereocenters. The fourth-order valence-corrected chi connectivity index (χ4v) is 2.34. The van der Waals surface area contributed by atoms with Gasteiger partial charge < -0.3 is 5.11 Å². The Morgan fingerprint density at radius 1 is 1.50 bits per heavy atom. The smallest absolute Gasteiger partial charge is 0.0907 e. The van der Waals surface area contributed by atoms with Crippen molar-refractivity contribution in [3.05, 3.63) is 28.8 Å². The Kier molecular flexibility index (Phi) is 2.52. The Morgan fingerprint density at radius 3 is 3.00 bits per heavy atom. The number of aryl methyl sites for hydroxylation is 1. The molecule has 1 unspecified atom stereocenters.